The van der Waals surface area contributed by atoms with E-state index >= 15 is 0 Å². The standard InChI is InChI=1S/C20H21N5OS2/c1-2-17-23-25-18(26)10-14(21-20(25)28-17)12-24-9-5-6-13(11-24)19-22-15-7-3-4-8-16(15)27-19/h3-4,7-8,10,13H,2,5-6,9,11-12H2,1H3/p+1/t13-/m1/s1. The third-order valence-electron chi connectivity index (χ3n) is 5.35. The summed E-state index contributed by atoms with van der Waals surface area (Å²) in [5, 5.41) is 6.53. The van der Waals surface area contributed by atoms with E-state index in [1.807, 2.05) is 24.3 Å². The molecule has 8 heteroatoms. The third kappa shape index (κ3) is 3.36. The van der Waals surface area contributed by atoms with Crippen molar-refractivity contribution in [2.75, 3.05) is 13.1 Å². The van der Waals surface area contributed by atoms with Crippen LogP contribution in [-0.2, 0) is 13.0 Å². The van der Waals surface area contributed by atoms with Crippen molar-refractivity contribution in [3.63, 3.8) is 0 Å². The average molecular weight is 413 g/mol. The van der Waals surface area contributed by atoms with Gasteiger partial charge in [0.15, 0.2) is 0 Å². The van der Waals surface area contributed by atoms with E-state index < -0.39 is 0 Å². The van der Waals surface area contributed by atoms with Crippen LogP contribution in [0.25, 0.3) is 15.2 Å². The van der Waals surface area contributed by atoms with Gasteiger partial charge >= 0.3 is 0 Å². The lowest BCUT2D eigenvalue weighted by atomic mass is 9.98. The molecule has 0 spiro atoms. The zero-order chi connectivity index (χ0) is 19.1. The van der Waals surface area contributed by atoms with Crippen LogP contribution in [-0.4, -0.2) is 32.7 Å². The summed E-state index contributed by atoms with van der Waals surface area (Å²) in [6.45, 7) is 4.99. The van der Waals surface area contributed by atoms with Crippen molar-refractivity contribution in [2.45, 2.75) is 38.6 Å². The minimum atomic E-state index is -0.0740. The van der Waals surface area contributed by atoms with E-state index in [-0.39, 0.29) is 5.56 Å². The molecular formula is C20H22N5OS2+. The number of rotatable bonds is 4. The van der Waals surface area contributed by atoms with Crippen LogP contribution >= 0.6 is 22.7 Å². The number of nitrogens with one attached hydrogen (secondary N) is 1. The largest absolute Gasteiger partial charge is 0.329 e. The molecule has 4 aromatic rings. The van der Waals surface area contributed by atoms with Gasteiger partial charge in [0.25, 0.3) is 5.56 Å². The van der Waals surface area contributed by atoms with E-state index in [1.165, 1.54) is 43.3 Å². The number of fused-ring (bicyclic) bond motifs is 2. The second-order valence-electron chi connectivity index (χ2n) is 7.37. The normalized spacial score (nSPS) is 20.2. The number of thiazole rings is 1. The van der Waals surface area contributed by atoms with Gasteiger partial charge in [-0.05, 0) is 31.4 Å². The summed E-state index contributed by atoms with van der Waals surface area (Å²) in [6, 6.07) is 10.0. The van der Waals surface area contributed by atoms with Crippen molar-refractivity contribution in [1.29, 1.82) is 0 Å². The van der Waals surface area contributed by atoms with Gasteiger partial charge in [-0.1, -0.05) is 30.4 Å². The number of aryl methyl sites for hydroxylation is 1. The van der Waals surface area contributed by atoms with Gasteiger partial charge in [-0.3, -0.25) is 4.79 Å². The lowest BCUT2D eigenvalue weighted by Crippen LogP contribution is -3.12. The zero-order valence-corrected chi connectivity index (χ0v) is 17.4. The van der Waals surface area contributed by atoms with E-state index in [9.17, 15) is 4.79 Å². The molecule has 0 amide bonds. The van der Waals surface area contributed by atoms with Crippen molar-refractivity contribution in [3.05, 3.63) is 56.4 Å². The number of aromatic nitrogens is 4. The molecule has 1 saturated heterocycles. The minimum Gasteiger partial charge on any atom is -0.329 e. The van der Waals surface area contributed by atoms with Crippen LogP contribution in [0.4, 0.5) is 0 Å². The van der Waals surface area contributed by atoms with Gasteiger partial charge in [0.1, 0.15) is 22.3 Å². The monoisotopic (exact) mass is 412 g/mol. The van der Waals surface area contributed by atoms with Crippen LogP contribution in [0.15, 0.2) is 35.1 Å². The Morgan fingerprint density at radius 1 is 1.25 bits per heavy atom. The molecule has 1 N–H and O–H groups in total. The summed E-state index contributed by atoms with van der Waals surface area (Å²) < 4.78 is 2.70. The molecule has 5 rings (SSSR count). The SMILES string of the molecule is CCc1nn2c(=O)cc(C[NH+]3CCC[C@@H](c4nc5ccccc5s4)C3)nc2s1. The predicted octanol–water partition coefficient (Wildman–Crippen LogP) is 2.29. The molecule has 2 atom stereocenters. The average Bonchev–Trinajstić information content (AvgIpc) is 3.32. The first-order chi connectivity index (χ1) is 13.7. The Hall–Kier alpha value is -2.16. The first kappa shape index (κ1) is 17.9. The van der Waals surface area contributed by atoms with Crippen LogP contribution in [0.5, 0.6) is 0 Å². The summed E-state index contributed by atoms with van der Waals surface area (Å²) in [5.41, 5.74) is 1.90. The fourth-order valence-electron chi connectivity index (χ4n) is 3.97. The van der Waals surface area contributed by atoms with Crippen molar-refractivity contribution in [3.8, 4) is 0 Å². The molecule has 1 aromatic carbocycles. The highest BCUT2D eigenvalue weighted by Crippen LogP contribution is 2.30. The van der Waals surface area contributed by atoms with Gasteiger partial charge in [0.2, 0.25) is 4.96 Å². The highest BCUT2D eigenvalue weighted by molar-refractivity contribution is 7.18. The Labute approximate surface area is 170 Å². The number of para-hydroxylation sites is 1. The second kappa shape index (κ2) is 7.35. The molecule has 1 aliphatic rings. The quantitative estimate of drug-likeness (QED) is 0.559. The van der Waals surface area contributed by atoms with Crippen LogP contribution < -0.4 is 10.5 Å². The number of hydrogen-bond acceptors (Lipinski definition) is 6. The number of hydrogen-bond donors (Lipinski definition) is 1. The van der Waals surface area contributed by atoms with Crippen molar-refractivity contribution in [2.24, 2.45) is 0 Å². The Morgan fingerprint density at radius 3 is 3.00 bits per heavy atom. The Balaban J connectivity index is 1.36. The van der Waals surface area contributed by atoms with Crippen molar-refractivity contribution < 1.29 is 4.90 Å². The highest BCUT2D eigenvalue weighted by atomic mass is 32.1. The summed E-state index contributed by atoms with van der Waals surface area (Å²) in [6.07, 6.45) is 3.19. The molecule has 0 aliphatic carbocycles. The molecule has 28 heavy (non-hydrogen) atoms. The molecule has 1 fully saturated rings. The van der Waals surface area contributed by atoms with E-state index in [0.29, 0.717) is 10.9 Å². The number of quaternary nitrogens is 1. The summed E-state index contributed by atoms with van der Waals surface area (Å²) >= 11 is 3.33. The maximum atomic E-state index is 12.4. The lowest BCUT2D eigenvalue weighted by molar-refractivity contribution is -0.920. The molecular weight excluding hydrogens is 390 g/mol. The summed E-state index contributed by atoms with van der Waals surface area (Å²) in [5.74, 6) is 0.487. The number of piperidine rings is 1. The fraction of sp³-hybridized carbons (Fsp3) is 0.400. The Morgan fingerprint density at radius 2 is 2.14 bits per heavy atom. The van der Waals surface area contributed by atoms with Crippen LogP contribution in [0, 0.1) is 0 Å². The first-order valence-corrected chi connectivity index (χ1v) is 11.4. The van der Waals surface area contributed by atoms with E-state index in [2.05, 4.69) is 23.3 Å². The van der Waals surface area contributed by atoms with Crippen molar-refractivity contribution >= 4 is 37.9 Å². The molecule has 6 nitrogen and oxygen atoms in total. The molecule has 1 aliphatic heterocycles. The molecule has 144 valence electrons. The number of nitrogens with zero attached hydrogens (tertiary/aromatic N) is 4. The maximum Gasteiger partial charge on any atom is 0.275 e. The van der Waals surface area contributed by atoms with Gasteiger partial charge in [-0.15, -0.1) is 11.3 Å². The molecule has 0 bridgehead atoms. The Bertz CT molecular complexity index is 1160. The van der Waals surface area contributed by atoms with Gasteiger partial charge in [0.05, 0.1) is 29.2 Å². The van der Waals surface area contributed by atoms with E-state index in [4.69, 9.17) is 9.97 Å². The summed E-state index contributed by atoms with van der Waals surface area (Å²) in [7, 11) is 0. The number of benzene rings is 1. The zero-order valence-electron chi connectivity index (χ0n) is 15.7. The van der Waals surface area contributed by atoms with E-state index in [0.717, 1.165) is 42.3 Å². The third-order valence-corrected chi connectivity index (χ3v) is 7.60. The predicted molar refractivity (Wildman–Crippen MR) is 113 cm³/mol. The molecule has 4 heterocycles. The van der Waals surface area contributed by atoms with Gasteiger partial charge < -0.3 is 4.90 Å². The maximum absolute atomic E-state index is 12.4. The minimum absolute atomic E-state index is 0.0740. The molecule has 0 radical (unpaired) electrons. The molecule has 1 unspecified atom stereocenters. The highest BCUT2D eigenvalue weighted by Gasteiger charge is 2.27. The smallest absolute Gasteiger partial charge is 0.275 e. The van der Waals surface area contributed by atoms with Gasteiger partial charge in [0, 0.05) is 6.07 Å². The second-order valence-corrected chi connectivity index (χ2v) is 9.47. The Kier molecular flexibility index (Phi) is 4.70. The van der Waals surface area contributed by atoms with Crippen LogP contribution in [0.2, 0.25) is 0 Å². The fourth-order valence-corrected chi connectivity index (χ4v) is 5.93. The van der Waals surface area contributed by atoms with Crippen LogP contribution in [0.1, 0.15) is 41.4 Å². The van der Waals surface area contributed by atoms with E-state index in [1.54, 1.807) is 6.07 Å². The van der Waals surface area contributed by atoms with Gasteiger partial charge in [-0.25, -0.2) is 9.97 Å². The van der Waals surface area contributed by atoms with Crippen molar-refractivity contribution in [1.82, 2.24) is 19.6 Å². The number of likely N-dealkylation sites (tertiary alicyclic amines) is 1. The lowest BCUT2D eigenvalue weighted by Gasteiger charge is -2.28. The topological polar surface area (TPSA) is 64.6 Å². The van der Waals surface area contributed by atoms with Gasteiger partial charge in [-0.2, -0.15) is 9.61 Å². The molecule has 0 saturated carbocycles. The molecule has 3 aromatic heterocycles. The summed E-state index contributed by atoms with van der Waals surface area (Å²) in [4.78, 5) is 24.2. The first-order valence-electron chi connectivity index (χ1n) is 9.77. The van der Waals surface area contributed by atoms with Crippen LogP contribution in [0.3, 0.4) is 0 Å².